The summed E-state index contributed by atoms with van der Waals surface area (Å²) in [6.45, 7) is 0.282. The molecule has 0 aliphatic rings. The number of amides is 1. The van der Waals surface area contributed by atoms with E-state index in [1.807, 2.05) is 30.3 Å². The average molecular weight is 410 g/mol. The van der Waals surface area contributed by atoms with Gasteiger partial charge in [-0.15, -0.1) is 0 Å². The van der Waals surface area contributed by atoms with Crippen LogP contribution in [0, 0.1) is 0 Å². The first-order valence-corrected chi connectivity index (χ1v) is 8.55. The van der Waals surface area contributed by atoms with Crippen molar-refractivity contribution in [2.75, 3.05) is 6.54 Å². The van der Waals surface area contributed by atoms with Crippen LogP contribution in [0.25, 0.3) is 0 Å². The van der Waals surface area contributed by atoms with Crippen LogP contribution in [0.15, 0.2) is 53.0 Å². The molecule has 2 unspecified atom stereocenters. The highest BCUT2D eigenvalue weighted by molar-refractivity contribution is 9.10. The summed E-state index contributed by atoms with van der Waals surface area (Å²) in [6.07, 6.45) is -2.90. The zero-order valence-corrected chi connectivity index (χ0v) is 15.0. The number of aromatic hydroxyl groups is 1. The number of benzene rings is 2. The first-order chi connectivity index (χ1) is 12.0. The molecule has 2 aromatic rings. The number of carbonyl (C=O) groups is 1. The Hall–Kier alpha value is -2.09. The summed E-state index contributed by atoms with van der Waals surface area (Å²) in [7, 11) is 0. The molecule has 25 heavy (non-hydrogen) atoms. The number of ether oxygens (including phenoxy) is 1. The number of rotatable bonds is 7. The fraction of sp³-hybridized carbons (Fsp3) is 0.278. The van der Waals surface area contributed by atoms with E-state index in [-0.39, 0.29) is 30.9 Å². The molecule has 2 rings (SSSR count). The number of nitrogens with one attached hydrogen (secondary N) is 1. The van der Waals surface area contributed by atoms with E-state index in [0.29, 0.717) is 4.47 Å². The maximum atomic E-state index is 11.6. The van der Waals surface area contributed by atoms with E-state index < -0.39 is 18.3 Å². The van der Waals surface area contributed by atoms with Crippen molar-refractivity contribution in [3.05, 3.63) is 64.1 Å². The lowest BCUT2D eigenvalue weighted by Gasteiger charge is -2.19. The van der Waals surface area contributed by atoms with Crippen molar-refractivity contribution in [1.82, 2.24) is 5.32 Å². The predicted molar refractivity (Wildman–Crippen MR) is 96.0 cm³/mol. The minimum atomic E-state index is -1.26. The molecule has 0 bridgehead atoms. The van der Waals surface area contributed by atoms with Crippen molar-refractivity contribution in [3.63, 3.8) is 0 Å². The van der Waals surface area contributed by atoms with Crippen LogP contribution < -0.4 is 5.32 Å². The number of hydrogen-bond donors (Lipinski definition) is 4. The Kier molecular flexibility index (Phi) is 7.24. The first kappa shape index (κ1) is 19.2. The quantitative estimate of drug-likeness (QED) is 0.563. The van der Waals surface area contributed by atoms with Crippen molar-refractivity contribution in [1.29, 1.82) is 0 Å². The molecule has 2 atom stereocenters. The fourth-order valence-corrected chi connectivity index (χ4v) is 2.60. The largest absolute Gasteiger partial charge is 0.508 e. The van der Waals surface area contributed by atoms with Gasteiger partial charge in [-0.2, -0.15) is 0 Å². The summed E-state index contributed by atoms with van der Waals surface area (Å²) < 4.78 is 5.72. The number of aliphatic hydroxyl groups is 2. The van der Waals surface area contributed by atoms with Crippen molar-refractivity contribution in [3.8, 4) is 5.75 Å². The maximum Gasteiger partial charge on any atom is 0.407 e. The average Bonchev–Trinajstić information content (AvgIpc) is 2.62. The Morgan fingerprint density at radius 1 is 1.16 bits per heavy atom. The van der Waals surface area contributed by atoms with Gasteiger partial charge in [0.2, 0.25) is 0 Å². The lowest BCUT2D eigenvalue weighted by molar-refractivity contribution is 0.0123. The van der Waals surface area contributed by atoms with Crippen LogP contribution in [-0.2, 0) is 11.3 Å². The van der Waals surface area contributed by atoms with E-state index in [4.69, 9.17) is 4.74 Å². The molecule has 6 nitrogen and oxygen atoms in total. The van der Waals surface area contributed by atoms with E-state index in [1.165, 1.54) is 12.1 Å². The molecule has 7 heteroatoms. The number of aliphatic hydroxyl groups excluding tert-OH is 2. The van der Waals surface area contributed by atoms with Crippen LogP contribution in [0.4, 0.5) is 4.79 Å². The lowest BCUT2D eigenvalue weighted by Crippen LogP contribution is -2.29. The number of halogens is 1. The molecule has 2 aromatic carbocycles. The van der Waals surface area contributed by atoms with E-state index >= 15 is 0 Å². The van der Waals surface area contributed by atoms with Gasteiger partial charge in [-0.05, 0) is 30.2 Å². The summed E-state index contributed by atoms with van der Waals surface area (Å²) in [4.78, 5) is 11.6. The summed E-state index contributed by atoms with van der Waals surface area (Å²) >= 11 is 3.24. The number of phenols is 1. The molecule has 0 aliphatic carbocycles. The highest BCUT2D eigenvalue weighted by atomic mass is 79.9. The predicted octanol–water partition coefficient (Wildman–Crippen LogP) is 2.87. The summed E-state index contributed by atoms with van der Waals surface area (Å²) in [5.41, 5.74) is 1.09. The van der Waals surface area contributed by atoms with E-state index in [9.17, 15) is 20.1 Å². The zero-order chi connectivity index (χ0) is 18.2. The summed E-state index contributed by atoms with van der Waals surface area (Å²) in [5.74, 6) is -0.106. The highest BCUT2D eigenvalue weighted by Crippen LogP contribution is 2.30. The van der Waals surface area contributed by atoms with Crippen LogP contribution in [0.5, 0.6) is 5.75 Å². The van der Waals surface area contributed by atoms with Crippen LogP contribution in [-0.4, -0.2) is 34.1 Å². The normalized spacial score (nSPS) is 13.1. The summed E-state index contributed by atoms with van der Waals surface area (Å²) in [6, 6.07) is 13.9. The molecule has 0 saturated heterocycles. The van der Waals surface area contributed by atoms with Gasteiger partial charge in [0.05, 0.1) is 6.10 Å². The fourth-order valence-electron chi connectivity index (χ4n) is 2.22. The topological polar surface area (TPSA) is 99.0 Å². The number of carbonyl (C=O) groups excluding carboxylic acids is 1. The molecule has 0 fully saturated rings. The van der Waals surface area contributed by atoms with E-state index in [1.54, 1.807) is 6.07 Å². The zero-order valence-electron chi connectivity index (χ0n) is 13.4. The standard InChI is InChI=1S/C18H20BrNO5/c19-13-6-7-15(21)14(10-13)17(23)16(22)8-9-20-18(24)25-11-12-4-2-1-3-5-12/h1-7,10,16-17,21-23H,8-9,11H2,(H,20,24). The second kappa shape index (κ2) is 9.41. The number of alkyl carbamates (subject to hydrolysis) is 1. The molecule has 1 amide bonds. The lowest BCUT2D eigenvalue weighted by atomic mass is 10.0. The van der Waals surface area contributed by atoms with Gasteiger partial charge < -0.3 is 25.4 Å². The Morgan fingerprint density at radius 2 is 1.88 bits per heavy atom. The van der Waals surface area contributed by atoms with Gasteiger partial charge in [0, 0.05) is 16.6 Å². The molecule has 0 heterocycles. The van der Waals surface area contributed by atoms with Crippen LogP contribution in [0.2, 0.25) is 0 Å². The molecular formula is C18H20BrNO5. The van der Waals surface area contributed by atoms with Gasteiger partial charge in [0.15, 0.2) is 0 Å². The maximum absolute atomic E-state index is 11.6. The number of phenolic OH excluding ortho intramolecular Hbond substituents is 1. The van der Waals surface area contributed by atoms with Gasteiger partial charge in [0.1, 0.15) is 18.5 Å². The number of hydrogen-bond acceptors (Lipinski definition) is 5. The molecular weight excluding hydrogens is 390 g/mol. The second-order valence-electron chi connectivity index (χ2n) is 5.49. The highest BCUT2D eigenvalue weighted by Gasteiger charge is 2.21. The van der Waals surface area contributed by atoms with Gasteiger partial charge in [0.25, 0.3) is 0 Å². The molecule has 0 aliphatic heterocycles. The third-order valence-electron chi connectivity index (χ3n) is 3.59. The Labute approximate surface area is 154 Å². The van der Waals surface area contributed by atoms with Crippen LogP contribution in [0.1, 0.15) is 23.7 Å². The Morgan fingerprint density at radius 3 is 2.60 bits per heavy atom. The van der Waals surface area contributed by atoms with Crippen molar-refractivity contribution in [2.45, 2.75) is 25.2 Å². The first-order valence-electron chi connectivity index (χ1n) is 7.76. The molecule has 4 N–H and O–H groups in total. The minimum absolute atomic E-state index is 0.105. The third kappa shape index (κ3) is 6.04. The monoisotopic (exact) mass is 409 g/mol. The third-order valence-corrected chi connectivity index (χ3v) is 4.09. The minimum Gasteiger partial charge on any atom is -0.508 e. The molecule has 0 radical (unpaired) electrons. The van der Waals surface area contributed by atoms with Crippen LogP contribution in [0.3, 0.4) is 0 Å². The van der Waals surface area contributed by atoms with E-state index in [0.717, 1.165) is 5.56 Å². The molecule has 0 saturated carbocycles. The molecule has 0 spiro atoms. The molecule has 0 aromatic heterocycles. The van der Waals surface area contributed by atoms with Crippen molar-refractivity contribution in [2.24, 2.45) is 0 Å². The smallest absolute Gasteiger partial charge is 0.407 e. The van der Waals surface area contributed by atoms with E-state index in [2.05, 4.69) is 21.2 Å². The van der Waals surface area contributed by atoms with Crippen molar-refractivity contribution >= 4 is 22.0 Å². The van der Waals surface area contributed by atoms with Gasteiger partial charge in [-0.25, -0.2) is 4.79 Å². The Balaban J connectivity index is 1.75. The summed E-state index contributed by atoms with van der Waals surface area (Å²) in [5, 5.41) is 32.5. The van der Waals surface area contributed by atoms with Crippen LogP contribution >= 0.6 is 15.9 Å². The van der Waals surface area contributed by atoms with Gasteiger partial charge >= 0.3 is 6.09 Å². The second-order valence-corrected chi connectivity index (χ2v) is 6.41. The van der Waals surface area contributed by atoms with Crippen molar-refractivity contribution < 1.29 is 24.9 Å². The Bertz CT molecular complexity index is 695. The van der Waals surface area contributed by atoms with Gasteiger partial charge in [-0.3, -0.25) is 0 Å². The SMILES string of the molecule is O=C(NCCC(O)C(O)c1cc(Br)ccc1O)OCc1ccccc1. The van der Waals surface area contributed by atoms with Gasteiger partial charge in [-0.1, -0.05) is 46.3 Å². The molecule has 134 valence electrons.